The van der Waals surface area contributed by atoms with Crippen LogP contribution in [0.4, 0.5) is 0 Å². The smallest absolute Gasteiger partial charge is 0.335 e. The molecule has 0 bridgehead atoms. The van der Waals surface area contributed by atoms with E-state index in [1.165, 1.54) is 0 Å². The predicted octanol–water partition coefficient (Wildman–Crippen LogP) is -12.2. The summed E-state index contributed by atoms with van der Waals surface area (Å²) in [5.74, 6) is -6.83. The van der Waals surface area contributed by atoms with Crippen LogP contribution in [0.15, 0.2) is 0 Å². The number of carboxylic acids is 3. The van der Waals surface area contributed by atoms with E-state index in [9.17, 15) is 106 Å². The van der Waals surface area contributed by atoms with Crippen molar-refractivity contribution in [3.8, 4) is 0 Å². The summed E-state index contributed by atoms with van der Waals surface area (Å²) in [6.07, 6.45) is -60.3. The van der Waals surface area contributed by atoms with Crippen molar-refractivity contribution in [2.75, 3.05) is 33.0 Å². The number of carbonyl (C=O) groups excluding carboxylic acids is 1. The maximum Gasteiger partial charge on any atom is 0.335 e. The van der Waals surface area contributed by atoms with Crippen molar-refractivity contribution < 1.29 is 177 Å². The monoisotopic (exact) mass is 1260 g/mol. The molecule has 34 unspecified atom stereocenters. The second kappa shape index (κ2) is 30.2. The number of nitrogens with two attached hydrogens (primary N) is 1. The molecule has 34 atom stereocenters. The Kier molecular flexibility index (Phi) is 24.6. The van der Waals surface area contributed by atoms with Gasteiger partial charge in [-0.2, -0.15) is 0 Å². The first-order valence-corrected chi connectivity index (χ1v) is 27.4. The highest BCUT2D eigenvalue weighted by molar-refractivity contribution is 5.74. The van der Waals surface area contributed by atoms with E-state index < -0.39 is 265 Å². The van der Waals surface area contributed by atoms with Crippen LogP contribution in [0.25, 0.3) is 0 Å². The Bertz CT molecular complexity index is 2210. The minimum Gasteiger partial charge on any atom is -0.480 e. The van der Waals surface area contributed by atoms with Crippen LogP contribution in [0.3, 0.4) is 0 Å². The third-order valence-electron chi connectivity index (χ3n) is 15.7. The summed E-state index contributed by atoms with van der Waals surface area (Å²) in [5.41, 5.74) is 5.41. The zero-order chi connectivity index (χ0) is 63.5. The van der Waals surface area contributed by atoms with Gasteiger partial charge in [0.25, 0.3) is 0 Å². The molecule has 7 rings (SSSR count). The van der Waals surface area contributed by atoms with Gasteiger partial charge in [-0.1, -0.05) is 13.8 Å². The van der Waals surface area contributed by atoms with E-state index in [0.29, 0.717) is 6.42 Å². The van der Waals surface area contributed by atoms with Gasteiger partial charge in [-0.15, -0.1) is 0 Å². The number of hydrogen-bond acceptors (Lipinski definition) is 34. The summed E-state index contributed by atoms with van der Waals surface area (Å²) < 4.78 is 78.7. The molecule has 7 heterocycles. The van der Waals surface area contributed by atoms with Crippen LogP contribution in [-0.4, -0.2) is 351 Å². The highest BCUT2D eigenvalue weighted by Crippen LogP contribution is 2.38. The number of aliphatic carboxylic acids is 3. The fourth-order valence-electron chi connectivity index (χ4n) is 10.7. The average molecular weight is 1260 g/mol. The second-order valence-corrected chi connectivity index (χ2v) is 21.7. The molecule has 0 aromatic rings. The first-order valence-electron chi connectivity index (χ1n) is 27.4. The van der Waals surface area contributed by atoms with Crippen molar-refractivity contribution in [1.82, 2.24) is 5.32 Å². The summed E-state index contributed by atoms with van der Waals surface area (Å²) in [4.78, 5) is 49.2. The van der Waals surface area contributed by atoms with Gasteiger partial charge in [-0.25, -0.2) is 9.59 Å². The third kappa shape index (κ3) is 15.3. The summed E-state index contributed by atoms with van der Waals surface area (Å²) in [7, 11) is 0. The number of ether oxygens (including phenoxy) is 14. The summed E-state index contributed by atoms with van der Waals surface area (Å²) >= 11 is 0. The maximum atomic E-state index is 12.9. The average Bonchev–Trinajstić information content (AvgIpc) is 1.31. The fourth-order valence-corrected chi connectivity index (χ4v) is 10.7. The van der Waals surface area contributed by atoms with E-state index in [-0.39, 0.29) is 6.42 Å². The van der Waals surface area contributed by atoms with Crippen LogP contribution in [-0.2, 0) is 85.5 Å². The van der Waals surface area contributed by atoms with Gasteiger partial charge >= 0.3 is 17.9 Å². The number of aliphatic hydroxyl groups is 15. The first kappa shape index (κ1) is 70.1. The van der Waals surface area contributed by atoms with Gasteiger partial charge in [-0.05, 0) is 6.42 Å². The minimum absolute atomic E-state index is 0.231. The largest absolute Gasteiger partial charge is 0.480 e. The molecule has 7 aliphatic heterocycles. The van der Waals surface area contributed by atoms with Crippen LogP contribution < -0.4 is 11.1 Å². The van der Waals surface area contributed by atoms with Crippen molar-refractivity contribution in [2.45, 2.75) is 236 Å². The Labute approximate surface area is 486 Å². The number of amides is 1. The Hall–Kier alpha value is -3.32. The van der Waals surface area contributed by atoms with Gasteiger partial charge < -0.3 is 169 Å². The summed E-state index contributed by atoms with van der Waals surface area (Å²) in [6, 6.07) is -3.45. The molecule has 7 saturated heterocycles. The van der Waals surface area contributed by atoms with Crippen molar-refractivity contribution in [2.24, 2.45) is 11.7 Å². The lowest BCUT2D eigenvalue weighted by Crippen LogP contribution is -2.70. The van der Waals surface area contributed by atoms with Crippen LogP contribution in [0.1, 0.15) is 33.6 Å². The molecule has 38 heteroatoms. The molecule has 0 aliphatic carbocycles. The zero-order valence-electron chi connectivity index (χ0n) is 46.1. The lowest BCUT2D eigenvalue weighted by Gasteiger charge is -2.50. The van der Waals surface area contributed by atoms with Crippen molar-refractivity contribution in [3.05, 3.63) is 0 Å². The maximum absolute atomic E-state index is 12.9. The van der Waals surface area contributed by atoms with E-state index in [0.717, 1.165) is 6.92 Å². The van der Waals surface area contributed by atoms with E-state index in [1.54, 1.807) is 13.8 Å². The normalized spacial score (nSPS) is 48.0. The second-order valence-electron chi connectivity index (χ2n) is 21.7. The van der Waals surface area contributed by atoms with Crippen molar-refractivity contribution in [1.29, 1.82) is 0 Å². The van der Waals surface area contributed by atoms with Gasteiger partial charge in [-0.3, -0.25) is 9.59 Å². The molecule has 7 aliphatic rings. The van der Waals surface area contributed by atoms with Crippen molar-refractivity contribution in [3.63, 3.8) is 0 Å². The minimum atomic E-state index is -2.47. The Morgan fingerprint density at radius 3 is 1.42 bits per heavy atom. The standard InChI is InChI=1S/C48H78N2O36/c1-4-13-5-15(55)11(2)42(75-13)83-35-25(60)28(63)45(85-37(35)40(69)70)80-32-18(8-53)78-43(20(24(32)59)50-12(3)54)84-36-26(61)29(64)46(86-38(36)41(71)72)81-34-23(58)17(7-52)77-48(31(34)66)82-33-22(57)16(6-51)76-47(30(33)65)79-19-10-74-44(27(62)21(19)56)73-9-14(49)39(67)68/h11,13-38,42-48,51-53,55-66H,4-10,49H2,1-3H3,(H,50,54)(H,67,68)(H,69,70)(H,71,72). The number of carbonyl (C=O) groups is 4. The number of nitrogens with one attached hydrogen (secondary N) is 1. The number of rotatable bonds is 23. The van der Waals surface area contributed by atoms with Gasteiger partial charge in [0.1, 0.15) is 134 Å². The van der Waals surface area contributed by atoms with Crippen LogP contribution >= 0.6 is 0 Å². The molecule has 1 amide bonds. The molecule has 496 valence electrons. The molecule has 0 saturated carbocycles. The Balaban J connectivity index is 1.03. The highest BCUT2D eigenvalue weighted by Gasteiger charge is 2.59. The predicted molar refractivity (Wildman–Crippen MR) is 263 cm³/mol. The van der Waals surface area contributed by atoms with E-state index in [2.05, 4.69) is 5.32 Å². The molecule has 0 spiro atoms. The SMILES string of the molecule is CCC1CC(O)C(C)C(OC2C(C(=O)O)OC(OC3C(CO)OC(OC4C(C(=O)O)OC(OC5C(O)C(CO)OC(OC6C(O)C(CO)OC(OC7COC(OCC(N)C(=O)O)C(O)C7O)C6O)C5O)C(O)C4O)C(NC(C)=O)C3O)C(O)C2O)O1. The van der Waals surface area contributed by atoms with Gasteiger partial charge in [0, 0.05) is 19.3 Å². The van der Waals surface area contributed by atoms with Gasteiger partial charge in [0.2, 0.25) is 5.91 Å². The zero-order valence-corrected chi connectivity index (χ0v) is 46.1. The van der Waals surface area contributed by atoms with Crippen molar-refractivity contribution >= 4 is 23.8 Å². The van der Waals surface area contributed by atoms with Gasteiger partial charge in [0.05, 0.1) is 45.2 Å². The summed E-state index contributed by atoms with van der Waals surface area (Å²) in [6.45, 7) is -0.245. The van der Waals surface area contributed by atoms with E-state index in [4.69, 9.17) is 77.2 Å². The Morgan fingerprint density at radius 1 is 0.512 bits per heavy atom. The fraction of sp³-hybridized carbons (Fsp3) is 0.917. The van der Waals surface area contributed by atoms with Gasteiger partial charge in [0.15, 0.2) is 56.2 Å². The molecule has 0 aromatic carbocycles. The number of aliphatic hydroxyl groups excluding tert-OH is 15. The Morgan fingerprint density at radius 2 is 0.953 bits per heavy atom. The lowest BCUT2D eigenvalue weighted by molar-refractivity contribution is -0.390. The van der Waals surface area contributed by atoms with E-state index in [1.807, 2.05) is 0 Å². The van der Waals surface area contributed by atoms with Crippen LogP contribution in [0, 0.1) is 5.92 Å². The topological polar surface area (TPSA) is 600 Å². The highest BCUT2D eigenvalue weighted by atomic mass is 16.8. The molecular weight excluding hydrogens is 1180 g/mol. The molecule has 0 aromatic heterocycles. The number of carboxylic acid groups (broad SMARTS) is 3. The molecule has 7 fully saturated rings. The lowest BCUT2D eigenvalue weighted by atomic mass is 9.93. The molecular formula is C48H78N2O36. The first-order chi connectivity index (χ1) is 40.6. The molecule has 38 nitrogen and oxygen atoms in total. The molecule has 21 N–H and O–H groups in total. The quantitative estimate of drug-likeness (QED) is 0.0452. The van der Waals surface area contributed by atoms with E-state index >= 15 is 0 Å². The molecule has 0 radical (unpaired) electrons. The summed E-state index contributed by atoms with van der Waals surface area (Å²) in [5, 5.41) is 198. The van der Waals surface area contributed by atoms with Crippen LogP contribution in [0.2, 0.25) is 0 Å². The number of hydrogen-bond donors (Lipinski definition) is 20. The molecule has 86 heavy (non-hydrogen) atoms. The third-order valence-corrected chi connectivity index (χ3v) is 15.7. The van der Waals surface area contributed by atoms with Crippen LogP contribution in [0.5, 0.6) is 0 Å².